The van der Waals surface area contributed by atoms with Crippen LogP contribution in [0.3, 0.4) is 0 Å². The van der Waals surface area contributed by atoms with Gasteiger partial charge in [0.25, 0.3) is 0 Å². The zero-order chi connectivity index (χ0) is 18.9. The Hall–Kier alpha value is -1.90. The molecule has 0 radical (unpaired) electrons. The number of aryl methyl sites for hydroxylation is 2. The predicted molar refractivity (Wildman–Crippen MR) is 107 cm³/mol. The van der Waals surface area contributed by atoms with Crippen molar-refractivity contribution < 1.29 is 4.74 Å². The van der Waals surface area contributed by atoms with Crippen LogP contribution in [0.1, 0.15) is 81.0 Å². The van der Waals surface area contributed by atoms with E-state index >= 15 is 0 Å². The SMILES string of the molecule is CCC(C)c1cc(C)c(C2(c3ncc(C)cn3)CC2)cc1OCC(C)C. The Balaban J connectivity index is 2.04. The predicted octanol–water partition coefficient (Wildman–Crippen LogP) is 5.72. The molecule has 1 aliphatic carbocycles. The van der Waals surface area contributed by atoms with Crippen molar-refractivity contribution in [2.75, 3.05) is 6.61 Å². The molecule has 1 heterocycles. The monoisotopic (exact) mass is 352 g/mol. The topological polar surface area (TPSA) is 35.0 Å². The van der Waals surface area contributed by atoms with Gasteiger partial charge in [-0.15, -0.1) is 0 Å². The highest BCUT2D eigenvalue weighted by Crippen LogP contribution is 2.54. The van der Waals surface area contributed by atoms with Crippen molar-refractivity contribution in [2.24, 2.45) is 5.92 Å². The Bertz CT molecular complexity index is 761. The molecule has 0 amide bonds. The Morgan fingerprint density at radius 3 is 2.27 bits per heavy atom. The van der Waals surface area contributed by atoms with Gasteiger partial charge >= 0.3 is 0 Å². The van der Waals surface area contributed by atoms with Crippen LogP contribution in [-0.2, 0) is 5.41 Å². The van der Waals surface area contributed by atoms with Gasteiger partial charge in [-0.25, -0.2) is 9.97 Å². The van der Waals surface area contributed by atoms with Crippen LogP contribution in [0, 0.1) is 19.8 Å². The first-order chi connectivity index (χ1) is 12.4. The fourth-order valence-corrected chi connectivity index (χ4v) is 3.59. The van der Waals surface area contributed by atoms with Gasteiger partial charge in [-0.2, -0.15) is 0 Å². The minimum Gasteiger partial charge on any atom is -0.493 e. The third-order valence-electron chi connectivity index (χ3n) is 5.55. The van der Waals surface area contributed by atoms with E-state index in [4.69, 9.17) is 4.74 Å². The number of ether oxygens (including phenoxy) is 1. The Morgan fingerprint density at radius 2 is 1.73 bits per heavy atom. The summed E-state index contributed by atoms with van der Waals surface area (Å²) in [5.41, 5.74) is 5.08. The molecule has 3 heteroatoms. The van der Waals surface area contributed by atoms with Gasteiger partial charge in [0.2, 0.25) is 0 Å². The van der Waals surface area contributed by atoms with Gasteiger partial charge in [0, 0.05) is 12.4 Å². The van der Waals surface area contributed by atoms with Crippen LogP contribution in [0.5, 0.6) is 5.75 Å². The minimum absolute atomic E-state index is 0.0261. The number of benzene rings is 1. The number of nitrogens with zero attached hydrogens (tertiary/aromatic N) is 2. The maximum absolute atomic E-state index is 6.25. The average molecular weight is 353 g/mol. The molecule has 1 atom stereocenters. The van der Waals surface area contributed by atoms with E-state index in [-0.39, 0.29) is 5.41 Å². The molecule has 3 nitrogen and oxygen atoms in total. The Labute approximate surface area is 158 Å². The van der Waals surface area contributed by atoms with Gasteiger partial charge in [0.15, 0.2) is 0 Å². The van der Waals surface area contributed by atoms with Crippen LogP contribution in [0.2, 0.25) is 0 Å². The molecule has 0 aliphatic heterocycles. The molecular weight excluding hydrogens is 320 g/mol. The van der Waals surface area contributed by atoms with E-state index in [1.807, 2.05) is 19.3 Å². The van der Waals surface area contributed by atoms with Crippen molar-refractivity contribution in [3.05, 3.63) is 52.6 Å². The van der Waals surface area contributed by atoms with Gasteiger partial charge in [-0.3, -0.25) is 0 Å². The lowest BCUT2D eigenvalue weighted by atomic mass is 9.86. The molecule has 1 saturated carbocycles. The third-order valence-corrected chi connectivity index (χ3v) is 5.55. The molecule has 0 saturated heterocycles. The smallest absolute Gasteiger partial charge is 0.138 e. The summed E-state index contributed by atoms with van der Waals surface area (Å²) in [6.07, 6.45) is 7.21. The highest BCUT2D eigenvalue weighted by atomic mass is 16.5. The zero-order valence-corrected chi connectivity index (χ0v) is 17.1. The summed E-state index contributed by atoms with van der Waals surface area (Å²) in [5.74, 6) is 3.01. The van der Waals surface area contributed by atoms with Gasteiger partial charge in [-0.1, -0.05) is 33.8 Å². The van der Waals surface area contributed by atoms with E-state index in [1.54, 1.807) is 0 Å². The van der Waals surface area contributed by atoms with Gasteiger partial charge in [0.1, 0.15) is 11.6 Å². The van der Waals surface area contributed by atoms with Crippen LogP contribution in [0.25, 0.3) is 0 Å². The largest absolute Gasteiger partial charge is 0.493 e. The highest BCUT2D eigenvalue weighted by molar-refractivity contribution is 5.52. The standard InChI is InChI=1S/C23H32N2O/c1-7-17(5)19-10-18(6)20(11-21(19)26-14-15(2)3)23(8-9-23)22-24-12-16(4)13-25-22/h10-13,15,17H,7-9,14H2,1-6H3. The second kappa shape index (κ2) is 7.38. The lowest BCUT2D eigenvalue weighted by Gasteiger charge is -2.23. The lowest BCUT2D eigenvalue weighted by molar-refractivity contribution is 0.267. The van der Waals surface area contributed by atoms with Crippen molar-refractivity contribution in [3.63, 3.8) is 0 Å². The average Bonchev–Trinajstić information content (AvgIpc) is 3.41. The maximum atomic E-state index is 6.25. The third kappa shape index (κ3) is 3.62. The first-order valence-electron chi connectivity index (χ1n) is 9.94. The zero-order valence-electron chi connectivity index (χ0n) is 17.1. The molecular formula is C23H32N2O. The molecule has 1 unspecified atom stereocenters. The van der Waals surface area contributed by atoms with Gasteiger partial charge < -0.3 is 4.74 Å². The van der Waals surface area contributed by atoms with Crippen LogP contribution in [0.15, 0.2) is 24.5 Å². The van der Waals surface area contributed by atoms with Crippen molar-refractivity contribution in [3.8, 4) is 5.75 Å². The highest BCUT2D eigenvalue weighted by Gasteiger charge is 2.49. The number of hydrogen-bond acceptors (Lipinski definition) is 3. The van der Waals surface area contributed by atoms with Crippen molar-refractivity contribution in [1.29, 1.82) is 0 Å². The first kappa shape index (κ1) is 18.9. The number of aromatic nitrogens is 2. The second-order valence-electron chi connectivity index (χ2n) is 8.39. The van der Waals surface area contributed by atoms with Crippen LogP contribution < -0.4 is 4.74 Å². The minimum atomic E-state index is -0.0261. The van der Waals surface area contributed by atoms with E-state index in [0.717, 1.165) is 43.0 Å². The van der Waals surface area contributed by atoms with E-state index < -0.39 is 0 Å². The molecule has 0 bridgehead atoms. The molecule has 2 aromatic rings. The molecule has 0 N–H and O–H groups in total. The van der Waals surface area contributed by atoms with E-state index in [9.17, 15) is 0 Å². The van der Waals surface area contributed by atoms with Crippen LogP contribution in [-0.4, -0.2) is 16.6 Å². The first-order valence-corrected chi connectivity index (χ1v) is 9.94. The van der Waals surface area contributed by atoms with Gasteiger partial charge in [0.05, 0.1) is 12.0 Å². The summed E-state index contributed by atoms with van der Waals surface area (Å²) in [6, 6.07) is 4.63. The van der Waals surface area contributed by atoms with E-state index in [2.05, 4.69) is 56.7 Å². The number of hydrogen-bond donors (Lipinski definition) is 0. The normalized spacial score (nSPS) is 16.6. The summed E-state index contributed by atoms with van der Waals surface area (Å²) in [7, 11) is 0. The number of rotatable bonds is 7. The van der Waals surface area contributed by atoms with Crippen molar-refractivity contribution >= 4 is 0 Å². The Kier molecular flexibility index (Phi) is 5.36. The summed E-state index contributed by atoms with van der Waals surface area (Å²) in [6.45, 7) is 13.9. The Morgan fingerprint density at radius 1 is 1.08 bits per heavy atom. The van der Waals surface area contributed by atoms with Crippen LogP contribution in [0.4, 0.5) is 0 Å². The molecule has 1 aliphatic rings. The van der Waals surface area contributed by atoms with E-state index in [0.29, 0.717) is 11.8 Å². The molecule has 1 fully saturated rings. The van der Waals surface area contributed by atoms with Gasteiger partial charge in [-0.05, 0) is 73.3 Å². The second-order valence-corrected chi connectivity index (χ2v) is 8.39. The molecule has 140 valence electrons. The summed E-state index contributed by atoms with van der Waals surface area (Å²) >= 11 is 0. The molecule has 1 aromatic heterocycles. The molecule has 1 aromatic carbocycles. The molecule has 3 rings (SSSR count). The summed E-state index contributed by atoms with van der Waals surface area (Å²) < 4.78 is 6.25. The van der Waals surface area contributed by atoms with Crippen molar-refractivity contribution in [1.82, 2.24) is 9.97 Å². The quantitative estimate of drug-likeness (QED) is 0.639. The molecule has 0 spiro atoms. The summed E-state index contributed by atoms with van der Waals surface area (Å²) in [4.78, 5) is 9.31. The lowest BCUT2D eigenvalue weighted by Crippen LogP contribution is -2.16. The van der Waals surface area contributed by atoms with Crippen molar-refractivity contribution in [2.45, 2.75) is 72.1 Å². The maximum Gasteiger partial charge on any atom is 0.138 e. The fourth-order valence-electron chi connectivity index (χ4n) is 3.59. The van der Waals surface area contributed by atoms with E-state index in [1.165, 1.54) is 16.7 Å². The van der Waals surface area contributed by atoms with Crippen LogP contribution >= 0.6 is 0 Å². The molecule has 26 heavy (non-hydrogen) atoms. The summed E-state index contributed by atoms with van der Waals surface area (Å²) in [5, 5.41) is 0. The fraction of sp³-hybridized carbons (Fsp3) is 0.565.